The van der Waals surface area contributed by atoms with Crippen molar-refractivity contribution in [1.82, 2.24) is 9.97 Å². The van der Waals surface area contributed by atoms with Crippen molar-refractivity contribution in [3.05, 3.63) is 12.5 Å². The normalized spacial score (nSPS) is 9.29. The van der Waals surface area contributed by atoms with Crippen LogP contribution >= 0.6 is 22.5 Å². The summed E-state index contributed by atoms with van der Waals surface area (Å²) in [6, 6.07) is 0. The van der Waals surface area contributed by atoms with E-state index >= 15 is 0 Å². The average molecular weight is 132 g/mol. The van der Waals surface area contributed by atoms with Gasteiger partial charge in [-0.3, -0.25) is 0 Å². The smallest absolute Gasteiger partial charge is 0.102 e. The minimum absolute atomic E-state index is 0.975. The summed E-state index contributed by atoms with van der Waals surface area (Å²) >= 11 is 3.92. The molecule has 0 aliphatic rings. The molecule has 0 radical (unpaired) electrons. The summed E-state index contributed by atoms with van der Waals surface area (Å²) in [6.45, 7) is 0. The van der Waals surface area contributed by atoms with Crippen LogP contribution in [0.2, 0.25) is 0 Å². The number of aromatic nitrogens is 2. The maximum absolute atomic E-state index is 3.92. The molecule has 1 aromatic heterocycles. The number of aromatic amines is 1. The number of imidazole rings is 1. The molecule has 0 aliphatic carbocycles. The Hall–Kier alpha value is -0.0900. The number of thiol groups is 1. The Labute approximate surface area is 50.5 Å². The monoisotopic (exact) mass is 132 g/mol. The fraction of sp³-hybridized carbons (Fsp3) is 0. The highest BCUT2D eigenvalue weighted by atomic mass is 33.1. The number of hydrogen-bond donors (Lipinski definition) is 2. The van der Waals surface area contributed by atoms with E-state index in [1.807, 2.05) is 0 Å². The number of nitrogens with one attached hydrogen (secondary N) is 1. The third kappa shape index (κ3) is 1.14. The van der Waals surface area contributed by atoms with E-state index in [-0.39, 0.29) is 0 Å². The molecule has 0 aromatic carbocycles. The zero-order chi connectivity index (χ0) is 5.11. The Balaban J connectivity index is 2.76. The molecule has 38 valence electrons. The number of rotatable bonds is 1. The Morgan fingerprint density at radius 2 is 2.71 bits per heavy atom. The van der Waals surface area contributed by atoms with Gasteiger partial charge in [0.1, 0.15) is 5.03 Å². The summed E-state index contributed by atoms with van der Waals surface area (Å²) in [4.78, 5) is 6.63. The quantitative estimate of drug-likeness (QED) is 0.446. The van der Waals surface area contributed by atoms with Crippen LogP contribution < -0.4 is 0 Å². The van der Waals surface area contributed by atoms with E-state index in [4.69, 9.17) is 0 Å². The van der Waals surface area contributed by atoms with E-state index in [1.54, 1.807) is 12.5 Å². The molecule has 0 fully saturated rings. The first-order chi connectivity index (χ1) is 3.43. The van der Waals surface area contributed by atoms with Gasteiger partial charge in [0, 0.05) is 0 Å². The molecule has 0 atom stereocenters. The topological polar surface area (TPSA) is 28.7 Å². The molecule has 0 unspecified atom stereocenters. The Morgan fingerprint density at radius 3 is 3.00 bits per heavy atom. The molecular weight excluding hydrogens is 128 g/mol. The summed E-state index contributed by atoms with van der Waals surface area (Å²) in [5.41, 5.74) is 0. The summed E-state index contributed by atoms with van der Waals surface area (Å²) in [6.07, 6.45) is 3.34. The second-order valence-corrected chi connectivity index (χ2v) is 2.18. The summed E-state index contributed by atoms with van der Waals surface area (Å²) in [7, 11) is 1.35. The van der Waals surface area contributed by atoms with Gasteiger partial charge in [-0.05, 0) is 10.8 Å². The molecule has 0 spiro atoms. The summed E-state index contributed by atoms with van der Waals surface area (Å²) in [5, 5.41) is 0.975. The molecule has 0 aliphatic heterocycles. The highest BCUT2D eigenvalue weighted by molar-refractivity contribution is 8.68. The van der Waals surface area contributed by atoms with Gasteiger partial charge < -0.3 is 4.98 Å². The van der Waals surface area contributed by atoms with Gasteiger partial charge in [0.2, 0.25) is 0 Å². The number of H-pyrrole nitrogens is 1. The molecular formula is C3H4N2S2. The molecule has 0 saturated carbocycles. The standard InChI is InChI=1S/C3H4N2S2/c6-7-3-1-4-2-5-3/h1-2,6H,(H,4,5). The zero-order valence-corrected chi connectivity index (χ0v) is 5.17. The molecule has 0 bridgehead atoms. The van der Waals surface area contributed by atoms with Gasteiger partial charge in [-0.25, -0.2) is 4.98 Å². The Morgan fingerprint density at radius 1 is 1.86 bits per heavy atom. The first-order valence-corrected chi connectivity index (χ1v) is 3.60. The molecule has 7 heavy (non-hydrogen) atoms. The van der Waals surface area contributed by atoms with Crippen LogP contribution in [0.15, 0.2) is 17.6 Å². The molecule has 0 saturated heterocycles. The molecule has 2 nitrogen and oxygen atoms in total. The fourth-order valence-corrected chi connectivity index (χ4v) is 0.806. The van der Waals surface area contributed by atoms with Gasteiger partial charge in [0.05, 0.1) is 12.5 Å². The first kappa shape index (κ1) is 5.05. The van der Waals surface area contributed by atoms with Crippen molar-refractivity contribution < 1.29 is 0 Å². The maximum atomic E-state index is 3.92. The van der Waals surface area contributed by atoms with Crippen LogP contribution in [0.4, 0.5) is 0 Å². The van der Waals surface area contributed by atoms with Crippen LogP contribution in [0.1, 0.15) is 0 Å². The van der Waals surface area contributed by atoms with Gasteiger partial charge in [-0.15, -0.1) is 11.7 Å². The lowest BCUT2D eigenvalue weighted by Crippen LogP contribution is -1.56. The van der Waals surface area contributed by atoms with Crippen LogP contribution in [0.25, 0.3) is 0 Å². The molecule has 1 N–H and O–H groups in total. The Kier molecular flexibility index (Phi) is 1.64. The van der Waals surface area contributed by atoms with Gasteiger partial charge in [-0.2, -0.15) is 0 Å². The third-order valence-electron chi connectivity index (χ3n) is 0.571. The average Bonchev–Trinajstić information content (AvgIpc) is 2.14. The number of hydrogen-bond acceptors (Lipinski definition) is 3. The van der Waals surface area contributed by atoms with Crippen molar-refractivity contribution in [3.63, 3.8) is 0 Å². The van der Waals surface area contributed by atoms with Crippen molar-refractivity contribution in [2.45, 2.75) is 5.03 Å². The maximum Gasteiger partial charge on any atom is 0.102 e. The van der Waals surface area contributed by atoms with Crippen molar-refractivity contribution in [2.75, 3.05) is 0 Å². The molecule has 1 heterocycles. The zero-order valence-electron chi connectivity index (χ0n) is 3.46. The largest absolute Gasteiger partial charge is 0.339 e. The SMILES string of the molecule is SSc1cnc[nH]1. The highest BCUT2D eigenvalue weighted by Gasteiger charge is 1.84. The minimum Gasteiger partial charge on any atom is -0.339 e. The molecule has 0 amide bonds. The van der Waals surface area contributed by atoms with Crippen molar-refractivity contribution in [2.24, 2.45) is 0 Å². The van der Waals surface area contributed by atoms with Crippen LogP contribution in [-0.2, 0) is 0 Å². The third-order valence-corrected chi connectivity index (χ3v) is 1.58. The lowest BCUT2D eigenvalue weighted by atomic mass is 11.0. The van der Waals surface area contributed by atoms with Gasteiger partial charge in [-0.1, -0.05) is 0 Å². The molecule has 1 rings (SSSR count). The van der Waals surface area contributed by atoms with Crippen molar-refractivity contribution in [3.8, 4) is 0 Å². The second kappa shape index (κ2) is 2.28. The summed E-state index contributed by atoms with van der Waals surface area (Å²) in [5.74, 6) is 0. The van der Waals surface area contributed by atoms with Crippen LogP contribution in [0, 0.1) is 0 Å². The highest BCUT2D eigenvalue weighted by Crippen LogP contribution is 2.15. The van der Waals surface area contributed by atoms with Crippen molar-refractivity contribution in [1.29, 1.82) is 0 Å². The first-order valence-electron chi connectivity index (χ1n) is 1.73. The second-order valence-electron chi connectivity index (χ2n) is 1.01. The predicted octanol–water partition coefficient (Wildman–Crippen LogP) is 1.35. The van der Waals surface area contributed by atoms with E-state index in [2.05, 4.69) is 21.6 Å². The van der Waals surface area contributed by atoms with Crippen molar-refractivity contribution >= 4 is 22.5 Å². The van der Waals surface area contributed by atoms with E-state index in [1.165, 1.54) is 10.8 Å². The number of nitrogens with zero attached hydrogens (tertiary/aromatic N) is 1. The predicted molar refractivity (Wildman–Crippen MR) is 33.4 cm³/mol. The van der Waals surface area contributed by atoms with Gasteiger partial charge in [0.15, 0.2) is 0 Å². The van der Waals surface area contributed by atoms with E-state index in [0.717, 1.165) is 5.03 Å². The van der Waals surface area contributed by atoms with E-state index in [0.29, 0.717) is 0 Å². The van der Waals surface area contributed by atoms with Gasteiger partial charge >= 0.3 is 0 Å². The van der Waals surface area contributed by atoms with Crippen LogP contribution in [-0.4, -0.2) is 9.97 Å². The fourth-order valence-electron chi connectivity index (χ4n) is 0.293. The lowest BCUT2D eigenvalue weighted by molar-refractivity contribution is 1.21. The lowest BCUT2D eigenvalue weighted by Gasteiger charge is -1.77. The molecule has 1 aromatic rings. The van der Waals surface area contributed by atoms with Crippen LogP contribution in [0.5, 0.6) is 0 Å². The molecule has 4 heteroatoms. The summed E-state index contributed by atoms with van der Waals surface area (Å²) < 4.78 is 0. The van der Waals surface area contributed by atoms with E-state index < -0.39 is 0 Å². The minimum atomic E-state index is 0.975. The van der Waals surface area contributed by atoms with Gasteiger partial charge in [0.25, 0.3) is 0 Å². The van der Waals surface area contributed by atoms with E-state index in [9.17, 15) is 0 Å². The Bertz CT molecular complexity index is 125. The van der Waals surface area contributed by atoms with Crippen LogP contribution in [0.3, 0.4) is 0 Å².